The van der Waals surface area contributed by atoms with Crippen molar-refractivity contribution in [3.63, 3.8) is 0 Å². The number of halogens is 1. The van der Waals surface area contributed by atoms with Crippen LogP contribution >= 0.6 is 24.0 Å². The topological polar surface area (TPSA) is 55.3 Å². The number of rotatable bonds is 8. The highest BCUT2D eigenvalue weighted by Gasteiger charge is 2.20. The molecule has 1 aliphatic carbocycles. The van der Waals surface area contributed by atoms with Crippen molar-refractivity contribution in [3.8, 4) is 11.5 Å². The van der Waals surface area contributed by atoms with Crippen molar-refractivity contribution in [3.05, 3.63) is 23.8 Å². The van der Waals surface area contributed by atoms with Crippen LogP contribution in [0.4, 0.5) is 0 Å². The van der Waals surface area contributed by atoms with E-state index in [9.17, 15) is 0 Å². The summed E-state index contributed by atoms with van der Waals surface area (Å²) in [6, 6.07) is 6.05. The van der Waals surface area contributed by atoms with Gasteiger partial charge in [0.1, 0.15) is 0 Å². The monoisotopic (exact) mass is 461 g/mol. The minimum atomic E-state index is 0. The van der Waals surface area contributed by atoms with Crippen LogP contribution in [0.1, 0.15) is 25.3 Å². The Morgan fingerprint density at radius 3 is 2.88 bits per heavy atom. The standard InChI is InChI=1S/C18H27N3O3.HI/c1-3-19-18(20-8-9-22-12-14-4-5-14)21(2)11-15-6-7-16-17(10-15)24-13-23-16;/h6-7,10,14H,3-5,8-9,11-13H2,1-2H3,(H,19,20);1H. The van der Waals surface area contributed by atoms with Crippen molar-refractivity contribution in [2.75, 3.05) is 40.1 Å². The van der Waals surface area contributed by atoms with Crippen molar-refractivity contribution in [1.29, 1.82) is 0 Å². The summed E-state index contributed by atoms with van der Waals surface area (Å²) in [6.45, 7) is 6.23. The summed E-state index contributed by atoms with van der Waals surface area (Å²) in [6.07, 6.45) is 2.65. The Morgan fingerprint density at radius 2 is 2.12 bits per heavy atom. The first kappa shape index (κ1) is 20.1. The number of benzene rings is 1. The van der Waals surface area contributed by atoms with E-state index in [-0.39, 0.29) is 24.0 Å². The number of aliphatic imine (C=N–C) groups is 1. The molecule has 1 heterocycles. The molecule has 6 nitrogen and oxygen atoms in total. The zero-order valence-electron chi connectivity index (χ0n) is 15.0. The highest BCUT2D eigenvalue weighted by Crippen LogP contribution is 2.32. The second-order valence-electron chi connectivity index (χ2n) is 6.30. The van der Waals surface area contributed by atoms with Crippen LogP contribution in [0.2, 0.25) is 0 Å². The molecular weight excluding hydrogens is 433 g/mol. The first-order chi connectivity index (χ1) is 11.8. The average Bonchev–Trinajstić information content (AvgIpc) is 3.28. The number of ether oxygens (including phenoxy) is 3. The molecule has 0 amide bonds. The summed E-state index contributed by atoms with van der Waals surface area (Å²) in [5, 5.41) is 3.33. The average molecular weight is 461 g/mol. The molecule has 1 aliphatic heterocycles. The molecule has 1 fully saturated rings. The Balaban J connectivity index is 0.00000225. The summed E-state index contributed by atoms with van der Waals surface area (Å²) in [5.74, 6) is 3.33. The van der Waals surface area contributed by atoms with Crippen LogP contribution in [0.5, 0.6) is 11.5 Å². The molecule has 3 rings (SSSR count). The second kappa shape index (κ2) is 10.1. The first-order valence-electron chi connectivity index (χ1n) is 8.72. The van der Waals surface area contributed by atoms with Gasteiger partial charge in [-0.05, 0) is 43.4 Å². The zero-order chi connectivity index (χ0) is 16.8. The molecule has 1 N–H and O–H groups in total. The van der Waals surface area contributed by atoms with Gasteiger partial charge in [-0.25, -0.2) is 0 Å². The molecule has 0 radical (unpaired) electrons. The van der Waals surface area contributed by atoms with Gasteiger partial charge in [0.05, 0.1) is 13.2 Å². The summed E-state index contributed by atoms with van der Waals surface area (Å²) < 4.78 is 16.4. The summed E-state index contributed by atoms with van der Waals surface area (Å²) in [4.78, 5) is 6.76. The molecule has 0 atom stereocenters. The van der Waals surface area contributed by atoms with Gasteiger partial charge < -0.3 is 24.4 Å². The van der Waals surface area contributed by atoms with Crippen molar-refractivity contribution < 1.29 is 14.2 Å². The second-order valence-corrected chi connectivity index (χ2v) is 6.30. The number of nitrogens with one attached hydrogen (secondary N) is 1. The normalized spacial score (nSPS) is 15.7. The van der Waals surface area contributed by atoms with Gasteiger partial charge in [0.15, 0.2) is 17.5 Å². The smallest absolute Gasteiger partial charge is 0.231 e. The Kier molecular flexibility index (Phi) is 8.08. The maximum absolute atomic E-state index is 5.65. The van der Waals surface area contributed by atoms with Crippen LogP contribution in [0.15, 0.2) is 23.2 Å². The van der Waals surface area contributed by atoms with Gasteiger partial charge >= 0.3 is 0 Å². The van der Waals surface area contributed by atoms with Gasteiger partial charge in [-0.15, -0.1) is 24.0 Å². The summed E-state index contributed by atoms with van der Waals surface area (Å²) in [7, 11) is 2.04. The minimum absolute atomic E-state index is 0. The molecule has 1 saturated carbocycles. The lowest BCUT2D eigenvalue weighted by molar-refractivity contribution is 0.131. The van der Waals surface area contributed by atoms with Crippen molar-refractivity contribution in [1.82, 2.24) is 10.2 Å². The van der Waals surface area contributed by atoms with Gasteiger partial charge in [-0.3, -0.25) is 4.99 Å². The van der Waals surface area contributed by atoms with E-state index in [0.29, 0.717) is 19.9 Å². The third kappa shape index (κ3) is 6.22. The van der Waals surface area contributed by atoms with E-state index in [1.807, 2.05) is 19.2 Å². The highest BCUT2D eigenvalue weighted by molar-refractivity contribution is 14.0. The summed E-state index contributed by atoms with van der Waals surface area (Å²) in [5.41, 5.74) is 1.16. The van der Waals surface area contributed by atoms with E-state index in [1.165, 1.54) is 12.8 Å². The van der Waals surface area contributed by atoms with Gasteiger partial charge in [-0.2, -0.15) is 0 Å². The predicted octanol–water partition coefficient (Wildman–Crippen LogP) is 2.86. The molecule has 1 aromatic rings. The quantitative estimate of drug-likeness (QED) is 0.279. The van der Waals surface area contributed by atoms with E-state index < -0.39 is 0 Å². The van der Waals surface area contributed by atoms with Crippen LogP contribution in [0, 0.1) is 5.92 Å². The first-order valence-corrected chi connectivity index (χ1v) is 8.72. The Bertz CT molecular complexity index is 579. The van der Waals surface area contributed by atoms with E-state index in [0.717, 1.165) is 48.6 Å². The van der Waals surface area contributed by atoms with Crippen LogP contribution in [-0.2, 0) is 11.3 Å². The van der Waals surface area contributed by atoms with Crippen molar-refractivity contribution in [2.45, 2.75) is 26.3 Å². The molecule has 0 aromatic heterocycles. The number of hydrogen-bond acceptors (Lipinski definition) is 4. The maximum atomic E-state index is 5.65. The van der Waals surface area contributed by atoms with E-state index in [2.05, 4.69) is 28.2 Å². The number of guanidine groups is 1. The molecule has 1 aromatic carbocycles. The maximum Gasteiger partial charge on any atom is 0.231 e. The fourth-order valence-corrected chi connectivity index (χ4v) is 2.61. The lowest BCUT2D eigenvalue weighted by atomic mass is 10.2. The van der Waals surface area contributed by atoms with Gasteiger partial charge in [0.25, 0.3) is 0 Å². The van der Waals surface area contributed by atoms with E-state index >= 15 is 0 Å². The molecule has 7 heteroatoms. The molecule has 0 spiro atoms. The van der Waals surface area contributed by atoms with Crippen LogP contribution < -0.4 is 14.8 Å². The van der Waals surface area contributed by atoms with E-state index in [4.69, 9.17) is 14.2 Å². The Hall–Kier alpha value is -1.22. The van der Waals surface area contributed by atoms with Crippen molar-refractivity contribution in [2.24, 2.45) is 10.9 Å². The molecular formula is C18H28IN3O3. The minimum Gasteiger partial charge on any atom is -0.454 e. The number of fused-ring (bicyclic) bond motifs is 1. The molecule has 0 bridgehead atoms. The third-order valence-corrected chi connectivity index (χ3v) is 4.10. The van der Waals surface area contributed by atoms with Gasteiger partial charge in [0, 0.05) is 26.7 Å². The molecule has 0 unspecified atom stereocenters. The molecule has 2 aliphatic rings. The Morgan fingerprint density at radius 1 is 1.32 bits per heavy atom. The van der Waals surface area contributed by atoms with Crippen molar-refractivity contribution >= 4 is 29.9 Å². The zero-order valence-corrected chi connectivity index (χ0v) is 17.3. The molecule has 25 heavy (non-hydrogen) atoms. The molecule has 0 saturated heterocycles. The Labute approximate surface area is 166 Å². The lowest BCUT2D eigenvalue weighted by Crippen LogP contribution is -2.38. The fraction of sp³-hybridized carbons (Fsp3) is 0.611. The number of nitrogens with zero attached hydrogens (tertiary/aromatic N) is 2. The highest BCUT2D eigenvalue weighted by atomic mass is 127. The largest absolute Gasteiger partial charge is 0.454 e. The SMILES string of the molecule is CCNC(=NCCOCC1CC1)N(C)Cc1ccc2c(c1)OCO2.I. The fourth-order valence-electron chi connectivity index (χ4n) is 2.61. The van der Waals surface area contributed by atoms with Crippen LogP contribution in [0.25, 0.3) is 0 Å². The van der Waals surface area contributed by atoms with E-state index in [1.54, 1.807) is 0 Å². The predicted molar refractivity (Wildman–Crippen MR) is 109 cm³/mol. The molecule has 140 valence electrons. The number of hydrogen-bond donors (Lipinski definition) is 1. The van der Waals surface area contributed by atoms with Gasteiger partial charge in [-0.1, -0.05) is 6.07 Å². The van der Waals surface area contributed by atoms with Crippen LogP contribution in [0.3, 0.4) is 0 Å². The van der Waals surface area contributed by atoms with Crippen LogP contribution in [-0.4, -0.2) is 51.0 Å². The van der Waals surface area contributed by atoms with Gasteiger partial charge in [0.2, 0.25) is 6.79 Å². The lowest BCUT2D eigenvalue weighted by Gasteiger charge is -2.22. The summed E-state index contributed by atoms with van der Waals surface area (Å²) >= 11 is 0. The third-order valence-electron chi connectivity index (χ3n) is 4.10.